The summed E-state index contributed by atoms with van der Waals surface area (Å²) in [5, 5.41) is 8.88. The van der Waals surface area contributed by atoms with Crippen molar-refractivity contribution in [3.63, 3.8) is 0 Å². The third kappa shape index (κ3) is 3.80. The number of anilines is 1. The van der Waals surface area contributed by atoms with E-state index < -0.39 is 5.91 Å². The molecule has 9 nitrogen and oxygen atoms in total. The Hall–Kier alpha value is -3.43. The van der Waals surface area contributed by atoms with Crippen molar-refractivity contribution < 1.29 is 9.53 Å². The average molecular weight is 434 g/mol. The first-order valence-corrected chi connectivity index (χ1v) is 10.9. The van der Waals surface area contributed by atoms with E-state index in [0.717, 1.165) is 79.1 Å². The lowest BCUT2D eigenvalue weighted by atomic mass is 10.1. The minimum atomic E-state index is -0.458. The minimum Gasteiger partial charge on any atom is -0.378 e. The molecule has 166 valence electrons. The van der Waals surface area contributed by atoms with Gasteiger partial charge in [0.15, 0.2) is 5.82 Å². The molecule has 4 aromatic rings. The van der Waals surface area contributed by atoms with Crippen LogP contribution in [0, 0.1) is 0 Å². The van der Waals surface area contributed by atoms with Crippen molar-refractivity contribution in [2.24, 2.45) is 5.73 Å². The third-order valence-electron chi connectivity index (χ3n) is 5.90. The second-order valence-electron chi connectivity index (χ2n) is 8.01. The summed E-state index contributed by atoms with van der Waals surface area (Å²) in [7, 11) is 1.94. The van der Waals surface area contributed by atoms with E-state index in [2.05, 4.69) is 27.3 Å². The SMILES string of the molecule is CNCCCn1nc(-c2nc3ccc(N4CCOCC4)cc3[nH]2)c2cc(C(N)=O)ccc21. The number of fused-ring (bicyclic) bond motifs is 2. The van der Waals surface area contributed by atoms with Crippen LogP contribution in [0.25, 0.3) is 33.5 Å². The fourth-order valence-corrected chi connectivity index (χ4v) is 4.21. The molecule has 3 heterocycles. The van der Waals surface area contributed by atoms with Crippen LogP contribution in [0.4, 0.5) is 5.69 Å². The van der Waals surface area contributed by atoms with Crippen molar-refractivity contribution in [1.82, 2.24) is 25.1 Å². The van der Waals surface area contributed by atoms with Crippen molar-refractivity contribution in [2.75, 3.05) is 44.8 Å². The molecule has 4 N–H and O–H groups in total. The van der Waals surface area contributed by atoms with E-state index in [4.69, 9.17) is 20.6 Å². The molecule has 5 rings (SSSR count). The number of hydrogen-bond acceptors (Lipinski definition) is 6. The summed E-state index contributed by atoms with van der Waals surface area (Å²) in [5.74, 6) is 0.221. The van der Waals surface area contributed by atoms with Crippen LogP contribution < -0.4 is 16.0 Å². The highest BCUT2D eigenvalue weighted by molar-refractivity contribution is 6.01. The van der Waals surface area contributed by atoms with Crippen LogP contribution in [0.3, 0.4) is 0 Å². The molecule has 0 radical (unpaired) electrons. The third-order valence-corrected chi connectivity index (χ3v) is 5.90. The van der Waals surface area contributed by atoms with Gasteiger partial charge in [-0.15, -0.1) is 0 Å². The molecule has 0 saturated carbocycles. The van der Waals surface area contributed by atoms with Gasteiger partial charge < -0.3 is 25.7 Å². The monoisotopic (exact) mass is 433 g/mol. The number of aryl methyl sites for hydroxylation is 1. The van der Waals surface area contributed by atoms with Gasteiger partial charge in [-0.3, -0.25) is 9.48 Å². The number of H-pyrrole nitrogens is 1. The number of nitrogens with two attached hydrogens (primary N) is 1. The van der Waals surface area contributed by atoms with Crippen LogP contribution in [0.1, 0.15) is 16.8 Å². The zero-order valence-electron chi connectivity index (χ0n) is 18.1. The standard InChI is InChI=1S/C23H27N7O2/c1-25-7-2-8-30-20-6-3-15(22(24)31)13-17(20)21(28-30)23-26-18-5-4-16(14-19(18)27-23)29-9-11-32-12-10-29/h3-6,13-14,25H,2,7-12H2,1H3,(H2,24,31)(H,26,27). The molecule has 0 aliphatic carbocycles. The van der Waals surface area contributed by atoms with E-state index in [-0.39, 0.29) is 0 Å². The number of ether oxygens (including phenoxy) is 1. The summed E-state index contributed by atoms with van der Waals surface area (Å²) >= 11 is 0. The number of carbonyl (C=O) groups is 1. The zero-order valence-corrected chi connectivity index (χ0v) is 18.1. The summed E-state index contributed by atoms with van der Waals surface area (Å²) in [4.78, 5) is 22.3. The minimum absolute atomic E-state index is 0.458. The number of imidazole rings is 1. The lowest BCUT2D eigenvalue weighted by Gasteiger charge is -2.28. The summed E-state index contributed by atoms with van der Waals surface area (Å²) in [6.45, 7) is 4.89. The Labute approximate surface area is 185 Å². The van der Waals surface area contributed by atoms with E-state index in [9.17, 15) is 4.79 Å². The Balaban J connectivity index is 1.57. The molecule has 1 aliphatic heterocycles. The molecule has 1 saturated heterocycles. The summed E-state index contributed by atoms with van der Waals surface area (Å²) in [5.41, 5.74) is 10.6. The van der Waals surface area contributed by atoms with Gasteiger partial charge in [-0.25, -0.2) is 4.98 Å². The first-order valence-electron chi connectivity index (χ1n) is 10.9. The highest BCUT2D eigenvalue weighted by Crippen LogP contribution is 2.30. The zero-order chi connectivity index (χ0) is 22.1. The molecule has 0 spiro atoms. The lowest BCUT2D eigenvalue weighted by Crippen LogP contribution is -2.36. The number of morpholine rings is 1. The van der Waals surface area contributed by atoms with Gasteiger partial charge in [0.25, 0.3) is 0 Å². The maximum absolute atomic E-state index is 11.8. The molecule has 2 aromatic heterocycles. The molecular formula is C23H27N7O2. The number of nitrogens with one attached hydrogen (secondary N) is 2. The summed E-state index contributed by atoms with van der Waals surface area (Å²) in [6.07, 6.45) is 0.938. The Morgan fingerprint density at radius 1 is 1.22 bits per heavy atom. The molecule has 0 atom stereocenters. The van der Waals surface area contributed by atoms with Gasteiger partial charge in [0.05, 0.1) is 29.8 Å². The van der Waals surface area contributed by atoms with Crippen molar-refractivity contribution in [3.8, 4) is 11.5 Å². The molecule has 0 bridgehead atoms. The predicted molar refractivity (Wildman–Crippen MR) is 125 cm³/mol. The number of hydrogen-bond donors (Lipinski definition) is 3. The van der Waals surface area contributed by atoms with E-state index in [1.54, 1.807) is 12.1 Å². The number of carbonyl (C=O) groups excluding carboxylic acids is 1. The van der Waals surface area contributed by atoms with Crippen LogP contribution in [0.15, 0.2) is 36.4 Å². The van der Waals surface area contributed by atoms with Crippen LogP contribution in [0.5, 0.6) is 0 Å². The normalized spacial score (nSPS) is 14.5. The van der Waals surface area contributed by atoms with E-state index in [1.165, 1.54) is 0 Å². The van der Waals surface area contributed by atoms with Crippen molar-refractivity contribution in [1.29, 1.82) is 0 Å². The number of amides is 1. The molecule has 2 aromatic carbocycles. The number of aromatic nitrogens is 4. The van der Waals surface area contributed by atoms with Gasteiger partial charge in [-0.2, -0.15) is 5.10 Å². The van der Waals surface area contributed by atoms with Crippen LogP contribution in [-0.2, 0) is 11.3 Å². The van der Waals surface area contributed by atoms with Crippen LogP contribution >= 0.6 is 0 Å². The smallest absolute Gasteiger partial charge is 0.248 e. The number of rotatable bonds is 7. The summed E-state index contributed by atoms with van der Waals surface area (Å²) < 4.78 is 7.44. The molecule has 0 unspecified atom stereocenters. The quantitative estimate of drug-likeness (QED) is 0.385. The van der Waals surface area contributed by atoms with Gasteiger partial charge in [0.1, 0.15) is 5.69 Å². The Kier molecular flexibility index (Phi) is 5.50. The van der Waals surface area contributed by atoms with Gasteiger partial charge >= 0.3 is 0 Å². The Bertz CT molecular complexity index is 1270. The van der Waals surface area contributed by atoms with Crippen LogP contribution in [-0.4, -0.2) is 65.6 Å². The molecule has 1 amide bonds. The van der Waals surface area contributed by atoms with Crippen LogP contribution in [0.2, 0.25) is 0 Å². The first kappa shape index (κ1) is 20.5. The van der Waals surface area contributed by atoms with Crippen molar-refractivity contribution >= 4 is 33.5 Å². The number of primary amides is 1. The van der Waals surface area contributed by atoms with Gasteiger partial charge in [0, 0.05) is 36.3 Å². The fraction of sp³-hybridized carbons (Fsp3) is 0.348. The van der Waals surface area contributed by atoms with Gasteiger partial charge in [-0.1, -0.05) is 0 Å². The largest absolute Gasteiger partial charge is 0.378 e. The van der Waals surface area contributed by atoms with E-state index in [1.807, 2.05) is 23.9 Å². The van der Waals surface area contributed by atoms with Crippen molar-refractivity contribution in [3.05, 3.63) is 42.0 Å². The molecular weight excluding hydrogens is 406 g/mol. The van der Waals surface area contributed by atoms with Gasteiger partial charge in [-0.05, 0) is 56.4 Å². The topological polar surface area (TPSA) is 114 Å². The molecule has 1 aliphatic rings. The molecule has 9 heteroatoms. The fourth-order valence-electron chi connectivity index (χ4n) is 4.21. The van der Waals surface area contributed by atoms with E-state index in [0.29, 0.717) is 11.4 Å². The Morgan fingerprint density at radius 3 is 2.84 bits per heavy atom. The maximum atomic E-state index is 11.8. The number of nitrogens with zero attached hydrogens (tertiary/aromatic N) is 4. The Morgan fingerprint density at radius 2 is 2.06 bits per heavy atom. The molecule has 1 fully saturated rings. The molecule has 32 heavy (non-hydrogen) atoms. The highest BCUT2D eigenvalue weighted by Gasteiger charge is 2.18. The maximum Gasteiger partial charge on any atom is 0.248 e. The van der Waals surface area contributed by atoms with Crippen molar-refractivity contribution in [2.45, 2.75) is 13.0 Å². The number of aromatic amines is 1. The lowest BCUT2D eigenvalue weighted by molar-refractivity contribution is 0.100. The highest BCUT2D eigenvalue weighted by atomic mass is 16.5. The summed E-state index contributed by atoms with van der Waals surface area (Å²) in [6, 6.07) is 11.7. The second kappa shape index (κ2) is 8.60. The predicted octanol–water partition coefficient (Wildman–Crippen LogP) is 2.12. The number of benzene rings is 2. The first-order chi connectivity index (χ1) is 15.6. The second-order valence-corrected chi connectivity index (χ2v) is 8.01. The average Bonchev–Trinajstić information content (AvgIpc) is 3.40. The van der Waals surface area contributed by atoms with Gasteiger partial charge in [0.2, 0.25) is 5.91 Å². The van der Waals surface area contributed by atoms with E-state index >= 15 is 0 Å².